The van der Waals surface area contributed by atoms with E-state index >= 15 is 0 Å². The number of amides is 1. The molecule has 1 aromatic carbocycles. The second-order valence-corrected chi connectivity index (χ2v) is 5.53. The monoisotopic (exact) mass is 312 g/mol. The highest BCUT2D eigenvalue weighted by Crippen LogP contribution is 2.07. The smallest absolute Gasteiger partial charge is 0.241 e. The summed E-state index contributed by atoms with van der Waals surface area (Å²) in [5.41, 5.74) is 6.98. The van der Waals surface area contributed by atoms with Gasteiger partial charge in [-0.3, -0.25) is 4.79 Å². The normalized spacial score (nSPS) is 12.4. The van der Waals surface area contributed by atoms with Crippen LogP contribution in [-0.2, 0) is 17.6 Å². The van der Waals surface area contributed by atoms with Gasteiger partial charge in [0.2, 0.25) is 5.91 Å². The first-order chi connectivity index (χ1) is 11.3. The van der Waals surface area contributed by atoms with Crippen molar-refractivity contribution in [3.8, 4) is 0 Å². The van der Waals surface area contributed by atoms with Crippen LogP contribution in [0.25, 0.3) is 0 Å². The maximum absolute atomic E-state index is 11.9. The van der Waals surface area contributed by atoms with E-state index in [1.807, 2.05) is 48.5 Å². The van der Waals surface area contributed by atoms with Crippen LogP contribution in [0.4, 0.5) is 0 Å². The highest BCUT2D eigenvalue weighted by Gasteiger charge is 2.12. The van der Waals surface area contributed by atoms with Crippen molar-refractivity contribution in [2.24, 2.45) is 5.73 Å². The van der Waals surface area contributed by atoms with Crippen LogP contribution in [0.3, 0.4) is 0 Å². The van der Waals surface area contributed by atoms with Crippen LogP contribution in [0.2, 0.25) is 0 Å². The number of furan rings is 1. The summed E-state index contributed by atoms with van der Waals surface area (Å²) in [5.74, 6) is 0.870. The van der Waals surface area contributed by atoms with E-state index in [-0.39, 0.29) is 5.91 Å². The number of nitrogens with one attached hydrogen (secondary N) is 1. The lowest BCUT2D eigenvalue weighted by Crippen LogP contribution is -2.39. The minimum Gasteiger partial charge on any atom is -0.469 e. The molecule has 122 valence electrons. The Hall–Kier alpha value is -2.33. The number of carbonyl (C=O) groups is 1. The Bertz CT molecular complexity index is 591. The first-order valence-electron chi connectivity index (χ1n) is 8.03. The van der Waals surface area contributed by atoms with E-state index in [1.54, 1.807) is 12.5 Å². The first-order valence-corrected chi connectivity index (χ1v) is 8.03. The molecule has 3 N–H and O–H groups in total. The molecule has 0 saturated carbocycles. The lowest BCUT2D eigenvalue weighted by molar-refractivity contribution is -0.121. The molecule has 0 spiro atoms. The zero-order valence-electron chi connectivity index (χ0n) is 13.3. The van der Waals surface area contributed by atoms with Gasteiger partial charge in [0.1, 0.15) is 5.76 Å². The summed E-state index contributed by atoms with van der Waals surface area (Å²) >= 11 is 0. The largest absolute Gasteiger partial charge is 0.469 e. The predicted octanol–water partition coefficient (Wildman–Crippen LogP) is 3.19. The molecular weight excluding hydrogens is 288 g/mol. The third-order valence-electron chi connectivity index (χ3n) is 3.60. The number of unbranched alkanes of at least 4 members (excludes halogenated alkanes) is 2. The van der Waals surface area contributed by atoms with E-state index in [4.69, 9.17) is 10.2 Å². The molecule has 0 saturated heterocycles. The van der Waals surface area contributed by atoms with Gasteiger partial charge in [-0.2, -0.15) is 0 Å². The van der Waals surface area contributed by atoms with Gasteiger partial charge in [0, 0.05) is 6.42 Å². The summed E-state index contributed by atoms with van der Waals surface area (Å²) in [6, 6.07) is 13.2. The molecule has 2 aromatic rings. The van der Waals surface area contributed by atoms with Crippen molar-refractivity contribution in [3.63, 3.8) is 0 Å². The average molecular weight is 312 g/mol. The van der Waals surface area contributed by atoms with Crippen molar-refractivity contribution in [3.05, 3.63) is 72.3 Å². The van der Waals surface area contributed by atoms with E-state index < -0.39 is 6.04 Å². The molecule has 4 heteroatoms. The van der Waals surface area contributed by atoms with Gasteiger partial charge >= 0.3 is 0 Å². The molecule has 1 aromatic heterocycles. The van der Waals surface area contributed by atoms with Gasteiger partial charge in [0.05, 0.1) is 12.3 Å². The standard InChI is InChI=1S/C19H24N2O2/c20-18(15-16-9-4-3-5-10-16)19(22)21-13-7-2-1-6-11-17-12-8-14-23-17/h3-5,7-10,12-14,18H,1-2,6,11,15,20H2,(H,21,22)/b13-7+/t18-/m0/s1. The SMILES string of the molecule is N[C@@H](Cc1ccccc1)C(=O)N/C=C/CCCCc1ccco1. The van der Waals surface area contributed by atoms with E-state index in [0.29, 0.717) is 6.42 Å². The molecule has 2 rings (SSSR count). The van der Waals surface area contributed by atoms with Crippen molar-refractivity contribution in [1.29, 1.82) is 0 Å². The summed E-state index contributed by atoms with van der Waals surface area (Å²) in [4.78, 5) is 11.9. The maximum Gasteiger partial charge on any atom is 0.241 e. The summed E-state index contributed by atoms with van der Waals surface area (Å²) in [7, 11) is 0. The van der Waals surface area contributed by atoms with E-state index in [0.717, 1.165) is 37.0 Å². The van der Waals surface area contributed by atoms with Crippen LogP contribution in [-0.4, -0.2) is 11.9 Å². The third kappa shape index (κ3) is 6.53. The van der Waals surface area contributed by atoms with Gasteiger partial charge in [-0.05, 0) is 49.6 Å². The molecule has 0 bridgehead atoms. The number of aryl methyl sites for hydroxylation is 1. The predicted molar refractivity (Wildman–Crippen MR) is 91.7 cm³/mol. The van der Waals surface area contributed by atoms with Crippen molar-refractivity contribution in [2.75, 3.05) is 0 Å². The van der Waals surface area contributed by atoms with Crippen molar-refractivity contribution < 1.29 is 9.21 Å². The molecule has 0 unspecified atom stereocenters. The Labute approximate surface area is 137 Å². The molecule has 1 heterocycles. The average Bonchev–Trinajstić information content (AvgIpc) is 3.08. The van der Waals surface area contributed by atoms with Gasteiger partial charge in [-0.1, -0.05) is 36.4 Å². The van der Waals surface area contributed by atoms with Crippen molar-refractivity contribution >= 4 is 5.91 Å². The highest BCUT2D eigenvalue weighted by molar-refractivity contribution is 5.82. The number of carbonyl (C=O) groups excluding carboxylic acids is 1. The van der Waals surface area contributed by atoms with Gasteiger partial charge in [-0.15, -0.1) is 0 Å². The first kappa shape index (κ1) is 17.0. The molecule has 0 fully saturated rings. The van der Waals surface area contributed by atoms with Crippen molar-refractivity contribution in [2.45, 2.75) is 38.1 Å². The number of nitrogens with two attached hydrogens (primary N) is 1. The molecule has 1 atom stereocenters. The number of allylic oxidation sites excluding steroid dienone is 1. The Kier molecular flexibility index (Phi) is 7.14. The number of rotatable bonds is 9. The molecular formula is C19H24N2O2. The second-order valence-electron chi connectivity index (χ2n) is 5.53. The lowest BCUT2D eigenvalue weighted by Gasteiger charge is -2.10. The molecule has 23 heavy (non-hydrogen) atoms. The van der Waals surface area contributed by atoms with Crippen LogP contribution in [0.1, 0.15) is 30.6 Å². The van der Waals surface area contributed by atoms with Gasteiger partial charge in [0.15, 0.2) is 0 Å². The van der Waals surface area contributed by atoms with Gasteiger partial charge in [0.25, 0.3) is 0 Å². The molecule has 1 amide bonds. The Morgan fingerprint density at radius 3 is 2.74 bits per heavy atom. The Balaban J connectivity index is 1.58. The molecule has 0 aliphatic heterocycles. The van der Waals surface area contributed by atoms with E-state index in [9.17, 15) is 4.79 Å². The lowest BCUT2D eigenvalue weighted by atomic mass is 10.1. The fourth-order valence-corrected chi connectivity index (χ4v) is 2.31. The highest BCUT2D eigenvalue weighted by atomic mass is 16.3. The van der Waals surface area contributed by atoms with Crippen molar-refractivity contribution in [1.82, 2.24) is 5.32 Å². The molecule has 4 nitrogen and oxygen atoms in total. The zero-order chi connectivity index (χ0) is 16.3. The molecule has 0 aliphatic rings. The van der Waals surface area contributed by atoms with Gasteiger partial charge < -0.3 is 15.5 Å². The van der Waals surface area contributed by atoms with E-state index in [2.05, 4.69) is 5.32 Å². The summed E-state index contributed by atoms with van der Waals surface area (Å²) in [6.07, 6.45) is 9.91. The summed E-state index contributed by atoms with van der Waals surface area (Å²) in [5, 5.41) is 2.74. The number of hydrogen-bond donors (Lipinski definition) is 2. The maximum atomic E-state index is 11.9. The van der Waals surface area contributed by atoms with Crippen LogP contribution < -0.4 is 11.1 Å². The van der Waals surface area contributed by atoms with Crippen LogP contribution >= 0.6 is 0 Å². The zero-order valence-corrected chi connectivity index (χ0v) is 13.3. The summed E-state index contributed by atoms with van der Waals surface area (Å²) in [6.45, 7) is 0. The topological polar surface area (TPSA) is 68.3 Å². The number of benzene rings is 1. The second kappa shape index (κ2) is 9.64. The fraction of sp³-hybridized carbons (Fsp3) is 0.316. The van der Waals surface area contributed by atoms with Crippen LogP contribution in [0.15, 0.2) is 65.4 Å². The van der Waals surface area contributed by atoms with E-state index in [1.165, 1.54) is 0 Å². The molecule has 0 aliphatic carbocycles. The fourth-order valence-electron chi connectivity index (χ4n) is 2.31. The van der Waals surface area contributed by atoms with Crippen LogP contribution in [0.5, 0.6) is 0 Å². The third-order valence-corrected chi connectivity index (χ3v) is 3.60. The Morgan fingerprint density at radius 1 is 1.17 bits per heavy atom. The minimum absolute atomic E-state index is 0.152. The Morgan fingerprint density at radius 2 is 2.00 bits per heavy atom. The molecule has 0 radical (unpaired) electrons. The van der Waals surface area contributed by atoms with Crippen LogP contribution in [0, 0.1) is 0 Å². The minimum atomic E-state index is -0.527. The number of hydrogen-bond acceptors (Lipinski definition) is 3. The summed E-state index contributed by atoms with van der Waals surface area (Å²) < 4.78 is 5.28. The van der Waals surface area contributed by atoms with Gasteiger partial charge in [-0.25, -0.2) is 0 Å². The quantitative estimate of drug-likeness (QED) is 0.699.